The Morgan fingerprint density at radius 1 is 1.60 bits per heavy atom. The minimum atomic E-state index is 0.0719. The van der Waals surface area contributed by atoms with Crippen LogP contribution in [-0.2, 0) is 0 Å². The summed E-state index contributed by atoms with van der Waals surface area (Å²) in [7, 11) is 0. The summed E-state index contributed by atoms with van der Waals surface area (Å²) in [6.07, 6.45) is 0. The predicted molar refractivity (Wildman–Crippen MR) is 64.6 cm³/mol. The summed E-state index contributed by atoms with van der Waals surface area (Å²) >= 11 is 1.54. The van der Waals surface area contributed by atoms with Gasteiger partial charge in [0.2, 0.25) is 0 Å². The van der Waals surface area contributed by atoms with E-state index in [9.17, 15) is 0 Å². The highest BCUT2D eigenvalue weighted by Gasteiger charge is 2.09. The van der Waals surface area contributed by atoms with Crippen LogP contribution >= 0.6 is 11.8 Å². The summed E-state index contributed by atoms with van der Waals surface area (Å²) in [4.78, 5) is 0.962. The summed E-state index contributed by atoms with van der Waals surface area (Å²) in [6.45, 7) is 4.06. The molecule has 0 heterocycles. The van der Waals surface area contributed by atoms with Crippen LogP contribution in [0.25, 0.3) is 0 Å². The second-order valence-electron chi connectivity index (χ2n) is 3.52. The Bertz CT molecular complexity index is 366. The van der Waals surface area contributed by atoms with E-state index in [0.29, 0.717) is 0 Å². The third-order valence-corrected chi connectivity index (χ3v) is 3.16. The van der Waals surface area contributed by atoms with Crippen molar-refractivity contribution >= 4 is 17.6 Å². The highest BCUT2D eigenvalue weighted by molar-refractivity contribution is 8.00. The normalized spacial score (nSPS) is 12.5. The number of nitrogens with one attached hydrogen (secondary N) is 1. The highest BCUT2D eigenvalue weighted by atomic mass is 32.2. The maximum absolute atomic E-state index is 8.99. The first kappa shape index (κ1) is 12.1. The van der Waals surface area contributed by atoms with Crippen molar-refractivity contribution in [2.24, 2.45) is 5.73 Å². The van der Waals surface area contributed by atoms with Crippen LogP contribution in [0.3, 0.4) is 0 Å². The van der Waals surface area contributed by atoms with Gasteiger partial charge in [-0.2, -0.15) is 0 Å². The van der Waals surface area contributed by atoms with Gasteiger partial charge < -0.3 is 10.8 Å². The molecule has 1 unspecified atom stereocenters. The maximum atomic E-state index is 8.99. The Balaban J connectivity index is 3.02. The molecular formula is C11H16N2OS. The zero-order chi connectivity index (χ0) is 11.4. The summed E-state index contributed by atoms with van der Waals surface area (Å²) < 4.78 is 0. The van der Waals surface area contributed by atoms with E-state index in [0.717, 1.165) is 16.0 Å². The summed E-state index contributed by atoms with van der Waals surface area (Å²) in [6, 6.07) is 5.78. The second-order valence-corrected chi connectivity index (χ2v) is 5.00. The summed E-state index contributed by atoms with van der Waals surface area (Å²) in [5, 5.41) is 16.6. The molecule has 0 aromatic heterocycles. The molecule has 1 atom stereocenters. The standard InChI is InChI=1S/C11H16N2OS/c1-7-3-4-9(11(12)13)10(5-7)15-8(2)6-14/h3-5,8,14H,6H2,1-2H3,(H3,12,13). The fourth-order valence-electron chi connectivity index (χ4n) is 1.20. The van der Waals surface area contributed by atoms with Gasteiger partial charge in [-0.25, -0.2) is 0 Å². The molecule has 0 saturated heterocycles. The van der Waals surface area contributed by atoms with Crippen LogP contribution in [-0.4, -0.2) is 22.8 Å². The molecule has 0 aliphatic heterocycles. The summed E-state index contributed by atoms with van der Waals surface area (Å²) in [5.41, 5.74) is 7.36. The number of amidine groups is 1. The Morgan fingerprint density at radius 3 is 2.80 bits per heavy atom. The fraction of sp³-hybridized carbons (Fsp3) is 0.364. The SMILES string of the molecule is Cc1ccc(C(=N)N)c(SC(C)CO)c1. The Labute approximate surface area is 94.2 Å². The Hall–Kier alpha value is -1.00. The highest BCUT2D eigenvalue weighted by Crippen LogP contribution is 2.27. The number of hydrogen-bond donors (Lipinski definition) is 3. The van der Waals surface area contributed by atoms with Crippen LogP contribution in [0.5, 0.6) is 0 Å². The first-order valence-corrected chi connectivity index (χ1v) is 5.65. The number of benzene rings is 1. The zero-order valence-corrected chi connectivity index (χ0v) is 9.77. The number of aryl methyl sites for hydroxylation is 1. The first-order chi connectivity index (χ1) is 7.04. The van der Waals surface area contributed by atoms with Crippen molar-refractivity contribution < 1.29 is 5.11 Å². The van der Waals surface area contributed by atoms with Crippen LogP contribution in [0.2, 0.25) is 0 Å². The number of rotatable bonds is 4. The van der Waals surface area contributed by atoms with E-state index in [1.807, 2.05) is 32.0 Å². The Morgan fingerprint density at radius 2 is 2.27 bits per heavy atom. The minimum Gasteiger partial charge on any atom is -0.395 e. The van der Waals surface area contributed by atoms with Crippen LogP contribution < -0.4 is 5.73 Å². The van der Waals surface area contributed by atoms with Crippen LogP contribution in [0.15, 0.2) is 23.1 Å². The van der Waals surface area contributed by atoms with E-state index in [4.69, 9.17) is 16.2 Å². The van der Waals surface area contributed by atoms with E-state index in [-0.39, 0.29) is 17.7 Å². The number of nitrogen functional groups attached to an aromatic ring is 1. The number of hydrogen-bond acceptors (Lipinski definition) is 3. The number of thioether (sulfide) groups is 1. The van der Waals surface area contributed by atoms with Gasteiger partial charge in [-0.3, -0.25) is 5.41 Å². The van der Waals surface area contributed by atoms with E-state index in [1.54, 1.807) is 11.8 Å². The van der Waals surface area contributed by atoms with Crippen LogP contribution in [0.1, 0.15) is 18.1 Å². The molecule has 0 aliphatic carbocycles. The molecule has 0 radical (unpaired) electrons. The van der Waals surface area contributed by atoms with Crippen molar-refractivity contribution in [3.63, 3.8) is 0 Å². The van der Waals surface area contributed by atoms with Gasteiger partial charge in [0, 0.05) is 15.7 Å². The predicted octanol–water partition coefficient (Wildman–Crippen LogP) is 1.75. The Kier molecular flexibility index (Phi) is 4.17. The quantitative estimate of drug-likeness (QED) is 0.414. The average Bonchev–Trinajstić information content (AvgIpc) is 2.17. The molecule has 4 heteroatoms. The van der Waals surface area contributed by atoms with Gasteiger partial charge in [0.15, 0.2) is 0 Å². The molecule has 0 spiro atoms. The molecule has 0 fully saturated rings. The van der Waals surface area contributed by atoms with E-state index < -0.39 is 0 Å². The van der Waals surface area contributed by atoms with E-state index in [1.165, 1.54) is 0 Å². The molecule has 0 bridgehead atoms. The molecule has 3 nitrogen and oxygen atoms in total. The van der Waals surface area contributed by atoms with Crippen molar-refractivity contribution in [1.82, 2.24) is 0 Å². The van der Waals surface area contributed by atoms with Gasteiger partial charge in [-0.05, 0) is 24.6 Å². The molecule has 1 rings (SSSR count). The first-order valence-electron chi connectivity index (χ1n) is 4.77. The van der Waals surface area contributed by atoms with Crippen LogP contribution in [0.4, 0.5) is 0 Å². The lowest BCUT2D eigenvalue weighted by atomic mass is 10.1. The van der Waals surface area contributed by atoms with Crippen molar-refractivity contribution in [2.75, 3.05) is 6.61 Å². The lowest BCUT2D eigenvalue weighted by Crippen LogP contribution is -2.13. The minimum absolute atomic E-state index is 0.0719. The maximum Gasteiger partial charge on any atom is 0.123 e. The lowest BCUT2D eigenvalue weighted by molar-refractivity contribution is 0.300. The largest absolute Gasteiger partial charge is 0.395 e. The average molecular weight is 224 g/mol. The number of aliphatic hydroxyl groups excluding tert-OH is 1. The molecule has 1 aromatic carbocycles. The molecule has 15 heavy (non-hydrogen) atoms. The van der Waals surface area contributed by atoms with Gasteiger partial charge in [0.25, 0.3) is 0 Å². The topological polar surface area (TPSA) is 70.1 Å². The van der Waals surface area contributed by atoms with Crippen LogP contribution in [0, 0.1) is 12.3 Å². The smallest absolute Gasteiger partial charge is 0.123 e. The monoisotopic (exact) mass is 224 g/mol. The van der Waals surface area contributed by atoms with Crippen molar-refractivity contribution in [1.29, 1.82) is 5.41 Å². The molecule has 4 N–H and O–H groups in total. The summed E-state index contributed by atoms with van der Waals surface area (Å²) in [5.74, 6) is 0.0719. The second kappa shape index (κ2) is 5.19. The number of nitrogens with two attached hydrogens (primary N) is 1. The van der Waals surface area contributed by atoms with Crippen molar-refractivity contribution in [3.05, 3.63) is 29.3 Å². The van der Waals surface area contributed by atoms with Gasteiger partial charge in [-0.15, -0.1) is 11.8 Å². The van der Waals surface area contributed by atoms with Gasteiger partial charge in [0.05, 0.1) is 6.61 Å². The lowest BCUT2D eigenvalue weighted by Gasteiger charge is -2.12. The zero-order valence-electron chi connectivity index (χ0n) is 8.95. The van der Waals surface area contributed by atoms with E-state index >= 15 is 0 Å². The molecule has 0 amide bonds. The van der Waals surface area contributed by atoms with Gasteiger partial charge >= 0.3 is 0 Å². The molecule has 0 saturated carbocycles. The van der Waals surface area contributed by atoms with Crippen molar-refractivity contribution in [3.8, 4) is 0 Å². The molecular weight excluding hydrogens is 208 g/mol. The molecule has 0 aliphatic rings. The van der Waals surface area contributed by atoms with E-state index in [2.05, 4.69) is 0 Å². The van der Waals surface area contributed by atoms with Crippen molar-refractivity contribution in [2.45, 2.75) is 24.0 Å². The van der Waals surface area contributed by atoms with Gasteiger partial charge in [0.1, 0.15) is 5.84 Å². The third-order valence-electron chi connectivity index (χ3n) is 2.01. The van der Waals surface area contributed by atoms with Gasteiger partial charge in [-0.1, -0.05) is 13.0 Å². The molecule has 1 aromatic rings. The number of aliphatic hydroxyl groups is 1. The fourth-order valence-corrected chi connectivity index (χ4v) is 2.27. The third kappa shape index (κ3) is 3.25. The molecule has 82 valence electrons.